The molecule has 0 saturated heterocycles. The maximum atomic E-state index is 14.0. The van der Waals surface area contributed by atoms with Gasteiger partial charge >= 0.3 is 0 Å². The van der Waals surface area contributed by atoms with Gasteiger partial charge in [-0.2, -0.15) is 0 Å². The van der Waals surface area contributed by atoms with Gasteiger partial charge in [-0.05, 0) is 61.0 Å². The molecule has 1 aliphatic rings. The number of carbonyl (C=O) groups is 2. The minimum atomic E-state index is -3.73. The van der Waals surface area contributed by atoms with E-state index in [1.165, 1.54) is 4.31 Å². The van der Waals surface area contributed by atoms with Crippen molar-refractivity contribution in [3.8, 4) is 5.75 Å². The van der Waals surface area contributed by atoms with Crippen molar-refractivity contribution in [1.29, 1.82) is 0 Å². The number of anilines is 1. The number of benzene rings is 4. The highest BCUT2D eigenvalue weighted by molar-refractivity contribution is 7.93. The molecule has 1 aliphatic heterocycles. The van der Waals surface area contributed by atoms with Crippen LogP contribution in [0.15, 0.2) is 95.9 Å². The van der Waals surface area contributed by atoms with E-state index >= 15 is 0 Å². The van der Waals surface area contributed by atoms with Crippen LogP contribution in [-0.2, 0) is 32.6 Å². The van der Waals surface area contributed by atoms with Crippen LogP contribution in [0.1, 0.15) is 37.8 Å². The first kappa shape index (κ1) is 30.1. The summed E-state index contributed by atoms with van der Waals surface area (Å²) in [4.78, 5) is 29.5. The van der Waals surface area contributed by atoms with Crippen LogP contribution in [0.3, 0.4) is 0 Å². The molecule has 2 amide bonds. The molecule has 0 saturated carbocycles. The Bertz CT molecular complexity index is 1720. The van der Waals surface area contributed by atoms with Crippen LogP contribution in [0.2, 0.25) is 0 Å². The molecule has 8 nitrogen and oxygen atoms in total. The van der Waals surface area contributed by atoms with Crippen molar-refractivity contribution in [3.63, 3.8) is 0 Å². The average Bonchev–Trinajstić information content (AvgIpc) is 3.22. The summed E-state index contributed by atoms with van der Waals surface area (Å²) in [5.41, 5.74) is 2.39. The summed E-state index contributed by atoms with van der Waals surface area (Å²) >= 11 is 0. The van der Waals surface area contributed by atoms with Crippen molar-refractivity contribution in [2.24, 2.45) is 0 Å². The number of rotatable bonds is 12. The molecule has 1 atom stereocenters. The third kappa shape index (κ3) is 6.51. The zero-order valence-electron chi connectivity index (χ0n) is 24.7. The highest BCUT2D eigenvalue weighted by atomic mass is 32.2. The fourth-order valence-corrected chi connectivity index (χ4v) is 7.37. The predicted octanol–water partition coefficient (Wildman–Crippen LogP) is 5.30. The molecule has 9 heteroatoms. The summed E-state index contributed by atoms with van der Waals surface area (Å²) in [6.07, 6.45) is 0.705. The molecular weight excluding hydrogens is 562 g/mol. The Morgan fingerprint density at radius 1 is 0.907 bits per heavy atom. The molecule has 0 unspecified atom stereocenters. The molecule has 5 rings (SSSR count). The molecule has 0 fully saturated rings. The largest absolute Gasteiger partial charge is 0.497 e. The Morgan fingerprint density at radius 2 is 1.60 bits per heavy atom. The number of hydrogen-bond donors (Lipinski definition) is 1. The van der Waals surface area contributed by atoms with E-state index in [2.05, 4.69) is 5.32 Å². The van der Waals surface area contributed by atoms with Gasteiger partial charge < -0.3 is 15.0 Å². The molecule has 1 N–H and O–H groups in total. The van der Waals surface area contributed by atoms with Gasteiger partial charge in [0.1, 0.15) is 11.8 Å². The second kappa shape index (κ2) is 12.9. The molecule has 0 aliphatic carbocycles. The minimum absolute atomic E-state index is 0.0720. The first-order valence-corrected chi connectivity index (χ1v) is 15.9. The maximum Gasteiger partial charge on any atom is 0.265 e. The van der Waals surface area contributed by atoms with Gasteiger partial charge in [0.2, 0.25) is 11.8 Å². The lowest BCUT2D eigenvalue weighted by Crippen LogP contribution is -2.51. The van der Waals surface area contributed by atoms with Gasteiger partial charge in [-0.1, -0.05) is 66.7 Å². The number of nitrogens with zero attached hydrogens (tertiary/aromatic N) is 2. The second-order valence-electron chi connectivity index (χ2n) is 11.1. The van der Waals surface area contributed by atoms with Crippen molar-refractivity contribution in [2.75, 3.05) is 18.0 Å². The Balaban J connectivity index is 1.40. The maximum absolute atomic E-state index is 14.0. The minimum Gasteiger partial charge on any atom is -0.497 e. The van der Waals surface area contributed by atoms with E-state index in [4.69, 9.17) is 4.74 Å². The van der Waals surface area contributed by atoms with E-state index in [1.54, 1.807) is 30.2 Å². The first-order chi connectivity index (χ1) is 20.7. The molecule has 4 aromatic rings. The van der Waals surface area contributed by atoms with Crippen LogP contribution in [-0.4, -0.2) is 50.9 Å². The lowest BCUT2D eigenvalue weighted by Gasteiger charge is -2.32. The third-order valence-electron chi connectivity index (χ3n) is 7.62. The quantitative estimate of drug-likeness (QED) is 0.238. The van der Waals surface area contributed by atoms with Crippen molar-refractivity contribution in [1.82, 2.24) is 10.2 Å². The lowest BCUT2D eigenvalue weighted by molar-refractivity contribution is -0.141. The van der Waals surface area contributed by atoms with Crippen molar-refractivity contribution in [2.45, 2.75) is 56.6 Å². The van der Waals surface area contributed by atoms with Gasteiger partial charge in [0.25, 0.3) is 10.0 Å². The summed E-state index contributed by atoms with van der Waals surface area (Å²) in [6.45, 7) is 4.13. The van der Waals surface area contributed by atoms with Gasteiger partial charge in [0.05, 0.1) is 17.7 Å². The molecule has 0 radical (unpaired) electrons. The van der Waals surface area contributed by atoms with Gasteiger partial charge in [0, 0.05) is 37.4 Å². The Hall–Kier alpha value is -4.37. The van der Waals surface area contributed by atoms with Crippen molar-refractivity contribution in [3.05, 3.63) is 102 Å². The van der Waals surface area contributed by atoms with Gasteiger partial charge in [-0.3, -0.25) is 13.9 Å². The molecule has 224 valence electrons. The number of sulfonamides is 1. The van der Waals surface area contributed by atoms with E-state index in [0.717, 1.165) is 16.5 Å². The highest BCUT2D eigenvalue weighted by Gasteiger charge is 2.36. The molecule has 0 spiro atoms. The van der Waals surface area contributed by atoms with E-state index in [1.807, 2.05) is 86.6 Å². The number of amides is 2. The summed E-state index contributed by atoms with van der Waals surface area (Å²) in [6, 6.07) is 27.0. The second-order valence-corrected chi connectivity index (χ2v) is 12.9. The molecule has 1 heterocycles. The predicted molar refractivity (Wildman–Crippen MR) is 168 cm³/mol. The van der Waals surface area contributed by atoms with Gasteiger partial charge in [0.15, 0.2) is 0 Å². The lowest BCUT2D eigenvalue weighted by atomic mass is 10.0. The van der Waals surface area contributed by atoms with E-state index in [9.17, 15) is 18.0 Å². The van der Waals surface area contributed by atoms with Crippen molar-refractivity contribution < 1.29 is 22.7 Å². The monoisotopic (exact) mass is 599 g/mol. The van der Waals surface area contributed by atoms with E-state index < -0.39 is 16.1 Å². The Kier molecular flexibility index (Phi) is 9.01. The van der Waals surface area contributed by atoms with Crippen LogP contribution in [0.4, 0.5) is 5.69 Å². The van der Waals surface area contributed by atoms with Crippen LogP contribution in [0.25, 0.3) is 10.8 Å². The third-order valence-corrected chi connectivity index (χ3v) is 9.48. The Labute approximate surface area is 253 Å². The SMILES string of the molecule is COc1cccc(CN(C(=O)CCCN2c3cccc4cccc(c34)S2(=O)=O)[C@H](Cc2ccccc2)C(=O)NC(C)C)c1. The molecular formula is C34H37N3O5S. The number of nitrogens with one attached hydrogen (secondary N) is 1. The first-order valence-electron chi connectivity index (χ1n) is 14.5. The molecule has 4 aromatic carbocycles. The normalized spacial score (nSPS) is 14.1. The van der Waals surface area contributed by atoms with Crippen LogP contribution in [0, 0.1) is 0 Å². The van der Waals surface area contributed by atoms with Crippen LogP contribution >= 0.6 is 0 Å². The van der Waals surface area contributed by atoms with Crippen LogP contribution < -0.4 is 14.4 Å². The smallest absolute Gasteiger partial charge is 0.265 e. The topological polar surface area (TPSA) is 96.0 Å². The van der Waals surface area contributed by atoms with E-state index in [-0.39, 0.29) is 37.4 Å². The summed E-state index contributed by atoms with van der Waals surface area (Å²) in [7, 11) is -2.14. The van der Waals surface area contributed by atoms with Crippen LogP contribution in [0.5, 0.6) is 5.75 Å². The summed E-state index contributed by atoms with van der Waals surface area (Å²) in [5.74, 6) is 0.193. The van der Waals surface area contributed by atoms with Gasteiger partial charge in [-0.15, -0.1) is 0 Å². The highest BCUT2D eigenvalue weighted by Crippen LogP contribution is 2.42. The number of carbonyl (C=O) groups excluding carboxylic acids is 2. The fourth-order valence-electron chi connectivity index (χ4n) is 5.62. The fraction of sp³-hybridized carbons (Fsp3) is 0.294. The zero-order chi connectivity index (χ0) is 30.6. The van der Waals surface area contributed by atoms with Gasteiger partial charge in [-0.25, -0.2) is 8.42 Å². The number of hydrogen-bond acceptors (Lipinski definition) is 5. The molecule has 0 bridgehead atoms. The standard InChI is InChI=1S/C34H37N3O5S/c1-24(2)35-34(39)30(22-25-11-5-4-6-12-25)36(23-26-13-7-16-28(21-26)42-3)32(38)19-10-20-37-29-17-8-14-27-15-9-18-31(33(27)29)43(37,40)41/h4-9,11-18,21,24,30H,10,19-20,22-23H2,1-3H3,(H,35,39)/t30-/m1/s1. The van der Waals surface area contributed by atoms with Crippen molar-refractivity contribution >= 4 is 38.3 Å². The summed E-state index contributed by atoms with van der Waals surface area (Å²) in [5, 5.41) is 4.57. The number of ether oxygens (including phenoxy) is 1. The summed E-state index contributed by atoms with van der Waals surface area (Å²) < 4.78 is 33.7. The average molecular weight is 600 g/mol. The molecule has 0 aromatic heterocycles. The van der Waals surface area contributed by atoms with E-state index in [0.29, 0.717) is 34.6 Å². The molecule has 43 heavy (non-hydrogen) atoms. The Morgan fingerprint density at radius 3 is 2.33 bits per heavy atom. The number of methoxy groups -OCH3 is 1. The zero-order valence-corrected chi connectivity index (χ0v) is 25.5.